The van der Waals surface area contributed by atoms with Crippen LogP contribution in [0.1, 0.15) is 27.0 Å². The molecular formula is C30H26ClN3O8. The number of amides is 5. The Bertz CT molecular complexity index is 1630. The van der Waals surface area contributed by atoms with Crippen LogP contribution in [0.25, 0.3) is 6.08 Å². The highest BCUT2D eigenvalue weighted by Crippen LogP contribution is 2.37. The van der Waals surface area contributed by atoms with E-state index in [1.165, 1.54) is 56.7 Å². The predicted molar refractivity (Wildman–Crippen MR) is 155 cm³/mol. The third-order valence-electron chi connectivity index (χ3n) is 6.44. The quantitative estimate of drug-likeness (QED) is 0.223. The summed E-state index contributed by atoms with van der Waals surface area (Å²) in [6.07, 6.45) is 1.24. The molecule has 0 aliphatic carbocycles. The van der Waals surface area contributed by atoms with Crippen molar-refractivity contribution in [3.8, 4) is 11.5 Å². The summed E-state index contributed by atoms with van der Waals surface area (Å²) in [6.45, 7) is 3.47. The lowest BCUT2D eigenvalue weighted by molar-refractivity contribution is -0.122. The zero-order valence-electron chi connectivity index (χ0n) is 23.1. The fraction of sp³-hybridized carbons (Fsp3) is 0.167. The number of esters is 1. The van der Waals surface area contributed by atoms with Gasteiger partial charge in [-0.2, -0.15) is 0 Å². The lowest BCUT2D eigenvalue weighted by Crippen LogP contribution is -2.54. The topological polar surface area (TPSA) is 140 Å². The maximum absolute atomic E-state index is 13.3. The standard InChI is InChI=1S/C30H26ClN3O8/c1-16-6-5-7-23(17(16)2)32-25(35)15-42-26-22(31)13-18(14-24(26)40-3)12-21-27(36)33-30(39)34(28(21)37)20-10-8-19(9-11-20)29(38)41-4/h5-14H,15H2,1-4H3,(H,32,35)(H,33,36,39)/b21-12-. The van der Waals surface area contributed by atoms with Crippen molar-refractivity contribution in [1.82, 2.24) is 5.32 Å². The number of hydrogen-bond donors (Lipinski definition) is 2. The van der Waals surface area contributed by atoms with Crippen LogP contribution >= 0.6 is 11.6 Å². The number of nitrogens with one attached hydrogen (secondary N) is 2. The molecule has 4 rings (SSSR count). The number of rotatable bonds is 8. The van der Waals surface area contributed by atoms with E-state index in [9.17, 15) is 24.0 Å². The van der Waals surface area contributed by atoms with E-state index in [2.05, 4.69) is 15.4 Å². The van der Waals surface area contributed by atoms with Gasteiger partial charge in [0.1, 0.15) is 5.57 Å². The van der Waals surface area contributed by atoms with Crippen LogP contribution in [0.2, 0.25) is 5.02 Å². The second-order valence-electron chi connectivity index (χ2n) is 9.11. The summed E-state index contributed by atoms with van der Waals surface area (Å²) >= 11 is 6.44. The Labute approximate surface area is 246 Å². The molecule has 1 saturated heterocycles. The Kier molecular flexibility index (Phi) is 8.92. The zero-order valence-corrected chi connectivity index (χ0v) is 23.8. The smallest absolute Gasteiger partial charge is 0.337 e. The molecule has 1 aliphatic heterocycles. The van der Waals surface area contributed by atoms with E-state index in [0.717, 1.165) is 16.0 Å². The predicted octanol–water partition coefficient (Wildman–Crippen LogP) is 4.44. The lowest BCUT2D eigenvalue weighted by Gasteiger charge is -2.26. The summed E-state index contributed by atoms with van der Waals surface area (Å²) in [7, 11) is 2.59. The highest BCUT2D eigenvalue weighted by atomic mass is 35.5. The van der Waals surface area contributed by atoms with E-state index in [0.29, 0.717) is 5.69 Å². The van der Waals surface area contributed by atoms with Crippen LogP contribution in [0.4, 0.5) is 16.2 Å². The van der Waals surface area contributed by atoms with Gasteiger partial charge in [-0.05, 0) is 79.1 Å². The Hall–Kier alpha value is -5.16. The van der Waals surface area contributed by atoms with Crippen molar-refractivity contribution >= 4 is 58.8 Å². The molecule has 12 heteroatoms. The molecule has 216 valence electrons. The molecule has 1 aliphatic rings. The molecule has 1 fully saturated rings. The summed E-state index contributed by atoms with van der Waals surface area (Å²) < 4.78 is 15.7. The van der Waals surface area contributed by atoms with E-state index < -0.39 is 29.7 Å². The summed E-state index contributed by atoms with van der Waals surface area (Å²) in [6, 6.07) is 13.0. The van der Waals surface area contributed by atoms with E-state index >= 15 is 0 Å². The number of nitrogens with zero attached hydrogens (tertiary/aromatic N) is 1. The van der Waals surface area contributed by atoms with Gasteiger partial charge in [0.2, 0.25) is 0 Å². The van der Waals surface area contributed by atoms with Crippen molar-refractivity contribution in [3.63, 3.8) is 0 Å². The maximum Gasteiger partial charge on any atom is 0.337 e. The molecule has 1 heterocycles. The second-order valence-corrected chi connectivity index (χ2v) is 9.52. The highest BCUT2D eigenvalue weighted by Gasteiger charge is 2.37. The molecule has 0 radical (unpaired) electrons. The van der Waals surface area contributed by atoms with Crippen molar-refractivity contribution in [1.29, 1.82) is 0 Å². The van der Waals surface area contributed by atoms with Crippen LogP contribution in [0.3, 0.4) is 0 Å². The molecule has 3 aromatic carbocycles. The molecule has 42 heavy (non-hydrogen) atoms. The summed E-state index contributed by atoms with van der Waals surface area (Å²) in [5.74, 6) is -2.59. The van der Waals surface area contributed by atoms with Gasteiger partial charge in [0.25, 0.3) is 17.7 Å². The SMILES string of the molecule is COC(=O)c1ccc(N2C(=O)NC(=O)/C(=C/c3cc(Cl)c(OCC(=O)Nc4cccc(C)c4C)c(OC)c3)C2=O)cc1. The number of carbonyl (C=O) groups is 5. The molecule has 0 saturated carbocycles. The molecule has 3 aromatic rings. The largest absolute Gasteiger partial charge is 0.493 e. The van der Waals surface area contributed by atoms with Crippen molar-refractivity contribution in [2.24, 2.45) is 0 Å². The molecule has 11 nitrogen and oxygen atoms in total. The lowest BCUT2D eigenvalue weighted by atomic mass is 10.1. The Morgan fingerprint density at radius 3 is 2.40 bits per heavy atom. The van der Waals surface area contributed by atoms with E-state index in [-0.39, 0.29) is 45.5 Å². The van der Waals surface area contributed by atoms with Gasteiger partial charge < -0.3 is 19.5 Å². The number of carbonyl (C=O) groups excluding carboxylic acids is 5. The first-order chi connectivity index (χ1) is 20.0. The summed E-state index contributed by atoms with van der Waals surface area (Å²) in [5.41, 5.74) is 2.89. The van der Waals surface area contributed by atoms with Crippen molar-refractivity contribution in [3.05, 3.63) is 87.4 Å². The average molecular weight is 592 g/mol. The van der Waals surface area contributed by atoms with Crippen molar-refractivity contribution in [2.45, 2.75) is 13.8 Å². The third-order valence-corrected chi connectivity index (χ3v) is 6.72. The van der Waals surface area contributed by atoms with Gasteiger partial charge in [0.15, 0.2) is 18.1 Å². The number of imide groups is 2. The van der Waals surface area contributed by atoms with Crippen LogP contribution < -0.4 is 25.0 Å². The second kappa shape index (κ2) is 12.6. The van der Waals surface area contributed by atoms with Gasteiger partial charge >= 0.3 is 12.0 Å². The molecule has 0 unspecified atom stereocenters. The van der Waals surface area contributed by atoms with Crippen molar-refractivity contribution in [2.75, 3.05) is 31.0 Å². The number of halogens is 1. The molecular weight excluding hydrogens is 566 g/mol. The van der Waals surface area contributed by atoms with Crippen molar-refractivity contribution < 1.29 is 38.2 Å². The first-order valence-corrected chi connectivity index (χ1v) is 12.9. The normalized spacial score (nSPS) is 14.0. The highest BCUT2D eigenvalue weighted by molar-refractivity contribution is 6.39. The van der Waals surface area contributed by atoms with Gasteiger partial charge in [-0.15, -0.1) is 0 Å². The molecule has 2 N–H and O–H groups in total. The van der Waals surface area contributed by atoms with Gasteiger partial charge in [-0.25, -0.2) is 14.5 Å². The van der Waals surface area contributed by atoms with E-state index in [1.807, 2.05) is 26.0 Å². The number of anilines is 2. The number of barbiturate groups is 1. The van der Waals surface area contributed by atoms with Gasteiger partial charge in [-0.1, -0.05) is 23.7 Å². The van der Waals surface area contributed by atoms with Gasteiger partial charge in [0, 0.05) is 5.69 Å². The van der Waals surface area contributed by atoms with Crippen LogP contribution in [0.15, 0.2) is 60.2 Å². The number of ether oxygens (including phenoxy) is 3. The molecule has 0 atom stereocenters. The van der Waals surface area contributed by atoms with E-state index in [4.69, 9.17) is 21.1 Å². The zero-order chi connectivity index (χ0) is 30.6. The minimum Gasteiger partial charge on any atom is -0.493 e. The average Bonchev–Trinajstić information content (AvgIpc) is 2.96. The van der Waals surface area contributed by atoms with Gasteiger partial charge in [-0.3, -0.25) is 19.7 Å². The monoisotopic (exact) mass is 591 g/mol. The first kappa shape index (κ1) is 29.8. The van der Waals surface area contributed by atoms with Crippen LogP contribution in [0.5, 0.6) is 11.5 Å². The number of aryl methyl sites for hydroxylation is 1. The van der Waals surface area contributed by atoms with Crippen LogP contribution in [-0.4, -0.2) is 50.5 Å². The van der Waals surface area contributed by atoms with Crippen LogP contribution in [0, 0.1) is 13.8 Å². The minimum atomic E-state index is -0.952. The Morgan fingerprint density at radius 2 is 1.74 bits per heavy atom. The fourth-order valence-electron chi connectivity index (χ4n) is 4.10. The van der Waals surface area contributed by atoms with E-state index in [1.54, 1.807) is 6.07 Å². The molecule has 0 bridgehead atoms. The minimum absolute atomic E-state index is 0.0516. The molecule has 5 amide bonds. The number of hydrogen-bond acceptors (Lipinski definition) is 8. The maximum atomic E-state index is 13.3. The van der Waals surface area contributed by atoms with Crippen LogP contribution in [-0.2, 0) is 19.1 Å². The summed E-state index contributed by atoms with van der Waals surface area (Å²) in [5, 5.41) is 4.97. The number of benzene rings is 3. The third kappa shape index (κ3) is 6.26. The molecule has 0 aromatic heterocycles. The fourth-order valence-corrected chi connectivity index (χ4v) is 4.37. The Morgan fingerprint density at radius 1 is 1.02 bits per heavy atom. The molecule has 0 spiro atoms. The Balaban J connectivity index is 1.55. The summed E-state index contributed by atoms with van der Waals surface area (Å²) in [4.78, 5) is 63.4. The number of methoxy groups -OCH3 is 2. The van der Waals surface area contributed by atoms with Gasteiger partial charge in [0.05, 0.1) is 30.5 Å². The number of urea groups is 1. The first-order valence-electron chi connectivity index (χ1n) is 12.5.